The van der Waals surface area contributed by atoms with Gasteiger partial charge < -0.3 is 4.98 Å². The summed E-state index contributed by atoms with van der Waals surface area (Å²) < 4.78 is 26.5. The third-order valence-corrected chi connectivity index (χ3v) is 6.46. The average molecular weight is 302 g/mol. The standard InChI is InChI=1S/C12H18N2O3S2/c1-12(2)5-6-14(7-8-18-12)19(16,17)10-3-4-11(15)13-9-10/h3-4,9H,5-8H2,1-2H3,(H,13,15). The van der Waals surface area contributed by atoms with Crippen LogP contribution < -0.4 is 5.56 Å². The van der Waals surface area contributed by atoms with E-state index in [1.54, 1.807) is 11.8 Å². The first kappa shape index (κ1) is 14.6. The van der Waals surface area contributed by atoms with E-state index in [0.29, 0.717) is 13.1 Å². The first-order valence-electron chi connectivity index (χ1n) is 6.14. The van der Waals surface area contributed by atoms with Crippen LogP contribution in [0.3, 0.4) is 0 Å². The maximum Gasteiger partial charge on any atom is 0.247 e. The highest BCUT2D eigenvalue weighted by molar-refractivity contribution is 8.00. The van der Waals surface area contributed by atoms with Gasteiger partial charge in [-0.2, -0.15) is 16.1 Å². The van der Waals surface area contributed by atoms with E-state index in [1.165, 1.54) is 22.6 Å². The molecule has 0 bridgehead atoms. The number of rotatable bonds is 2. The van der Waals surface area contributed by atoms with E-state index in [0.717, 1.165) is 12.2 Å². The van der Waals surface area contributed by atoms with Crippen LogP contribution in [0.4, 0.5) is 0 Å². The van der Waals surface area contributed by atoms with Crippen LogP contribution in [0.15, 0.2) is 28.0 Å². The monoisotopic (exact) mass is 302 g/mol. The highest BCUT2D eigenvalue weighted by Crippen LogP contribution is 2.32. The van der Waals surface area contributed by atoms with Gasteiger partial charge in [0, 0.05) is 35.9 Å². The molecule has 0 atom stereocenters. The molecule has 7 heteroatoms. The molecule has 2 rings (SSSR count). The first-order chi connectivity index (χ1) is 8.81. The van der Waals surface area contributed by atoms with Crippen LogP contribution in [-0.4, -0.2) is 41.3 Å². The Bertz CT molecular complexity index is 587. The summed E-state index contributed by atoms with van der Waals surface area (Å²) in [5.74, 6) is 0.787. The number of nitrogens with one attached hydrogen (secondary N) is 1. The number of hydrogen-bond donors (Lipinski definition) is 1. The minimum atomic E-state index is -3.50. The van der Waals surface area contributed by atoms with Crippen molar-refractivity contribution in [3.63, 3.8) is 0 Å². The molecule has 0 radical (unpaired) electrons. The van der Waals surface area contributed by atoms with Crippen LogP contribution in [0.25, 0.3) is 0 Å². The number of hydrogen-bond acceptors (Lipinski definition) is 4. The van der Waals surface area contributed by atoms with Gasteiger partial charge in [-0.3, -0.25) is 4.79 Å². The lowest BCUT2D eigenvalue weighted by atomic mass is 10.1. The Hall–Kier alpha value is -0.790. The molecular weight excluding hydrogens is 284 g/mol. The number of aromatic nitrogens is 1. The molecule has 5 nitrogen and oxygen atoms in total. The third kappa shape index (κ3) is 3.40. The number of sulfonamides is 1. The molecule has 1 fully saturated rings. The number of aromatic amines is 1. The predicted molar refractivity (Wildman–Crippen MR) is 77.0 cm³/mol. The molecule has 0 saturated carbocycles. The van der Waals surface area contributed by atoms with Crippen molar-refractivity contribution in [1.29, 1.82) is 0 Å². The van der Waals surface area contributed by atoms with E-state index in [-0.39, 0.29) is 15.2 Å². The predicted octanol–water partition coefficient (Wildman–Crippen LogP) is 1.28. The molecule has 1 aliphatic rings. The van der Waals surface area contributed by atoms with Gasteiger partial charge in [0.25, 0.3) is 0 Å². The number of thioether (sulfide) groups is 1. The van der Waals surface area contributed by atoms with Crippen LogP contribution in [0.5, 0.6) is 0 Å². The first-order valence-corrected chi connectivity index (χ1v) is 8.57. The summed E-state index contributed by atoms with van der Waals surface area (Å²) in [5, 5.41) is 0. The van der Waals surface area contributed by atoms with E-state index in [2.05, 4.69) is 18.8 Å². The van der Waals surface area contributed by atoms with E-state index in [1.807, 2.05) is 0 Å². The summed E-state index contributed by atoms with van der Waals surface area (Å²) >= 11 is 1.79. The van der Waals surface area contributed by atoms with Gasteiger partial charge in [0.2, 0.25) is 15.6 Å². The van der Waals surface area contributed by atoms with Crippen molar-refractivity contribution in [3.05, 3.63) is 28.7 Å². The van der Waals surface area contributed by atoms with Gasteiger partial charge in [-0.05, 0) is 12.5 Å². The van der Waals surface area contributed by atoms with E-state index in [4.69, 9.17) is 0 Å². The van der Waals surface area contributed by atoms with Crippen molar-refractivity contribution in [2.75, 3.05) is 18.8 Å². The molecule has 19 heavy (non-hydrogen) atoms. The molecule has 0 aliphatic carbocycles. The molecule has 1 saturated heterocycles. The molecule has 0 amide bonds. The van der Waals surface area contributed by atoms with Crippen LogP contribution in [0, 0.1) is 0 Å². The highest BCUT2D eigenvalue weighted by Gasteiger charge is 2.30. The van der Waals surface area contributed by atoms with Gasteiger partial charge in [-0.25, -0.2) is 8.42 Å². The lowest BCUT2D eigenvalue weighted by Gasteiger charge is -2.22. The minimum Gasteiger partial charge on any atom is -0.328 e. The SMILES string of the molecule is CC1(C)CCN(S(=O)(=O)c2ccc(=O)[nH]c2)CCS1. The second-order valence-electron chi connectivity index (χ2n) is 5.15. The van der Waals surface area contributed by atoms with Gasteiger partial charge in [-0.15, -0.1) is 0 Å². The molecular formula is C12H18N2O3S2. The average Bonchev–Trinajstić information content (AvgIpc) is 2.51. The highest BCUT2D eigenvalue weighted by atomic mass is 32.2. The van der Waals surface area contributed by atoms with E-state index in [9.17, 15) is 13.2 Å². The molecule has 106 valence electrons. The van der Waals surface area contributed by atoms with Crippen molar-refractivity contribution in [2.45, 2.75) is 29.9 Å². The summed E-state index contributed by atoms with van der Waals surface area (Å²) in [6.45, 7) is 5.29. The van der Waals surface area contributed by atoms with Gasteiger partial charge in [-0.1, -0.05) is 13.8 Å². The van der Waals surface area contributed by atoms with Crippen molar-refractivity contribution in [1.82, 2.24) is 9.29 Å². The second kappa shape index (κ2) is 5.30. The fourth-order valence-electron chi connectivity index (χ4n) is 1.95. The number of nitrogens with zero attached hydrogens (tertiary/aromatic N) is 1. The molecule has 0 spiro atoms. The van der Waals surface area contributed by atoms with Crippen LogP contribution in [0.2, 0.25) is 0 Å². The van der Waals surface area contributed by atoms with Gasteiger partial charge >= 0.3 is 0 Å². The summed E-state index contributed by atoms with van der Waals surface area (Å²) in [6.07, 6.45) is 2.08. The zero-order valence-corrected chi connectivity index (χ0v) is 12.7. The quantitative estimate of drug-likeness (QED) is 0.893. The Labute approximate surface area is 117 Å². The Balaban J connectivity index is 2.25. The van der Waals surface area contributed by atoms with Crippen molar-refractivity contribution in [3.8, 4) is 0 Å². The number of pyridine rings is 1. The Kier molecular flexibility index (Phi) is 4.08. The van der Waals surface area contributed by atoms with Gasteiger partial charge in [0.05, 0.1) is 4.90 Å². The zero-order chi connectivity index (χ0) is 14.1. The molecule has 1 aromatic rings. The Morgan fingerprint density at radius 1 is 1.32 bits per heavy atom. The summed E-state index contributed by atoms with van der Waals surface area (Å²) in [7, 11) is -3.50. The Morgan fingerprint density at radius 2 is 2.05 bits per heavy atom. The van der Waals surface area contributed by atoms with Crippen LogP contribution >= 0.6 is 11.8 Å². The van der Waals surface area contributed by atoms with E-state index < -0.39 is 10.0 Å². The van der Waals surface area contributed by atoms with Crippen LogP contribution in [0.1, 0.15) is 20.3 Å². The maximum absolute atomic E-state index is 12.5. The normalized spacial score (nSPS) is 20.9. The topological polar surface area (TPSA) is 70.2 Å². The molecule has 1 aliphatic heterocycles. The molecule has 1 N–H and O–H groups in total. The fourth-order valence-corrected chi connectivity index (χ4v) is 4.57. The Morgan fingerprint density at radius 3 is 2.68 bits per heavy atom. The summed E-state index contributed by atoms with van der Waals surface area (Å²) in [5.41, 5.74) is -0.300. The molecule has 1 aromatic heterocycles. The molecule has 0 aromatic carbocycles. The smallest absolute Gasteiger partial charge is 0.247 e. The summed E-state index contributed by atoms with van der Waals surface area (Å²) in [6, 6.07) is 2.60. The van der Waals surface area contributed by atoms with Gasteiger partial charge in [0.1, 0.15) is 0 Å². The van der Waals surface area contributed by atoms with Crippen molar-refractivity contribution >= 4 is 21.8 Å². The fraction of sp³-hybridized carbons (Fsp3) is 0.583. The van der Waals surface area contributed by atoms with E-state index >= 15 is 0 Å². The molecule has 0 unspecified atom stereocenters. The summed E-state index contributed by atoms with van der Waals surface area (Å²) in [4.78, 5) is 13.6. The second-order valence-corrected chi connectivity index (χ2v) is 8.89. The lowest BCUT2D eigenvalue weighted by molar-refractivity contribution is 0.415. The van der Waals surface area contributed by atoms with Crippen LogP contribution in [-0.2, 0) is 10.0 Å². The lowest BCUT2D eigenvalue weighted by Crippen LogP contribution is -2.34. The van der Waals surface area contributed by atoms with Crippen molar-refractivity contribution < 1.29 is 8.42 Å². The minimum absolute atomic E-state index is 0.106. The third-order valence-electron chi connectivity index (χ3n) is 3.19. The largest absolute Gasteiger partial charge is 0.328 e. The van der Waals surface area contributed by atoms with Crippen molar-refractivity contribution in [2.24, 2.45) is 0 Å². The molecule has 2 heterocycles. The number of H-pyrrole nitrogens is 1. The zero-order valence-electron chi connectivity index (χ0n) is 11.0. The maximum atomic E-state index is 12.5. The van der Waals surface area contributed by atoms with Gasteiger partial charge in [0.15, 0.2) is 0 Å².